The summed E-state index contributed by atoms with van der Waals surface area (Å²) >= 11 is 1.71. The Hall–Kier alpha value is -2.77. The van der Waals surface area contributed by atoms with Gasteiger partial charge in [0.25, 0.3) is 0 Å². The molecule has 1 aliphatic carbocycles. The Labute approximate surface area is 186 Å². The molecule has 0 saturated carbocycles. The molecule has 0 bridgehead atoms. The maximum Gasteiger partial charge on any atom is 0.224 e. The van der Waals surface area contributed by atoms with Gasteiger partial charge in [-0.1, -0.05) is 30.4 Å². The second-order valence-electron chi connectivity index (χ2n) is 8.02. The number of para-hydroxylation sites is 1. The molecular weight excluding hydrogens is 408 g/mol. The first-order valence-corrected chi connectivity index (χ1v) is 11.7. The second kappa shape index (κ2) is 9.16. The molecule has 5 rings (SSSR count). The van der Waals surface area contributed by atoms with Crippen molar-refractivity contribution in [2.45, 2.75) is 25.3 Å². The van der Waals surface area contributed by atoms with Crippen LogP contribution in [0, 0.1) is 5.92 Å². The van der Waals surface area contributed by atoms with Gasteiger partial charge in [0, 0.05) is 31.7 Å². The van der Waals surface area contributed by atoms with Gasteiger partial charge in [0.2, 0.25) is 5.91 Å². The number of ether oxygens (including phenoxy) is 1. The Balaban J connectivity index is 1.24. The van der Waals surface area contributed by atoms with Gasteiger partial charge in [0.15, 0.2) is 0 Å². The van der Waals surface area contributed by atoms with Gasteiger partial charge in [-0.05, 0) is 36.6 Å². The van der Waals surface area contributed by atoms with Crippen LogP contribution >= 0.6 is 11.3 Å². The largest absolute Gasteiger partial charge is 0.378 e. The van der Waals surface area contributed by atoms with E-state index in [-0.39, 0.29) is 17.7 Å². The van der Waals surface area contributed by atoms with E-state index in [0.29, 0.717) is 6.54 Å². The van der Waals surface area contributed by atoms with Crippen molar-refractivity contribution in [2.75, 3.05) is 31.2 Å². The van der Waals surface area contributed by atoms with Crippen molar-refractivity contribution >= 4 is 33.3 Å². The van der Waals surface area contributed by atoms with E-state index in [0.717, 1.165) is 61.1 Å². The maximum atomic E-state index is 13.1. The predicted octanol–water partition coefficient (Wildman–Crippen LogP) is 3.89. The number of carbonyl (C=O) groups excluding carboxylic acids is 1. The average molecular weight is 435 g/mol. The number of nitrogens with one attached hydrogen (secondary N) is 1. The predicted molar refractivity (Wildman–Crippen MR) is 123 cm³/mol. The van der Waals surface area contributed by atoms with Crippen molar-refractivity contribution in [1.29, 1.82) is 0 Å². The fraction of sp³-hybridized carbons (Fsp3) is 0.375. The third-order valence-electron chi connectivity index (χ3n) is 6.01. The molecule has 1 N–H and O–H groups in total. The van der Waals surface area contributed by atoms with E-state index in [2.05, 4.69) is 33.4 Å². The Morgan fingerprint density at radius 2 is 1.97 bits per heavy atom. The van der Waals surface area contributed by atoms with Crippen LogP contribution in [-0.2, 0) is 16.1 Å². The minimum Gasteiger partial charge on any atom is -0.378 e. The number of amides is 1. The summed E-state index contributed by atoms with van der Waals surface area (Å²) in [6.07, 6.45) is 7.76. The van der Waals surface area contributed by atoms with Gasteiger partial charge in [0.1, 0.15) is 5.82 Å². The van der Waals surface area contributed by atoms with Crippen LogP contribution in [0.3, 0.4) is 0 Å². The summed E-state index contributed by atoms with van der Waals surface area (Å²) in [5.41, 5.74) is 2.02. The van der Waals surface area contributed by atoms with Crippen LogP contribution in [0.2, 0.25) is 0 Å². The summed E-state index contributed by atoms with van der Waals surface area (Å²) in [5.74, 6) is 1.09. The molecule has 1 saturated heterocycles. The third kappa shape index (κ3) is 4.48. The van der Waals surface area contributed by atoms with Crippen LogP contribution in [0.4, 0.5) is 5.82 Å². The standard InChI is InChI=1S/C24H26N4O2S/c29-23(26-16-17-9-10-22(25-15-17)28-11-13-30-14-12-28)18-5-1-2-6-19(18)24-27-20-7-3-4-8-21(20)31-24/h1-4,7-10,15,18-19H,5-6,11-14,16H2,(H,26,29)/t18-,19+/m0/s1. The molecule has 2 aliphatic rings. The van der Waals surface area contributed by atoms with Crippen LogP contribution in [0.15, 0.2) is 54.7 Å². The Kier molecular flexibility index (Phi) is 5.95. The van der Waals surface area contributed by atoms with Gasteiger partial charge in [-0.2, -0.15) is 0 Å². The highest BCUT2D eigenvalue weighted by molar-refractivity contribution is 7.18. The number of thiazole rings is 1. The number of nitrogens with zero attached hydrogens (tertiary/aromatic N) is 3. The number of rotatable bonds is 5. The number of morpholine rings is 1. The summed E-state index contributed by atoms with van der Waals surface area (Å²) in [6.45, 7) is 3.70. The number of anilines is 1. The second-order valence-corrected chi connectivity index (χ2v) is 9.08. The van der Waals surface area contributed by atoms with E-state index < -0.39 is 0 Å². The Morgan fingerprint density at radius 1 is 1.13 bits per heavy atom. The zero-order valence-electron chi connectivity index (χ0n) is 17.4. The highest BCUT2D eigenvalue weighted by Gasteiger charge is 2.32. The van der Waals surface area contributed by atoms with Gasteiger partial charge in [-0.3, -0.25) is 4.79 Å². The summed E-state index contributed by atoms with van der Waals surface area (Å²) in [5, 5.41) is 4.19. The van der Waals surface area contributed by atoms with Crippen molar-refractivity contribution in [1.82, 2.24) is 15.3 Å². The Bertz CT molecular complexity index is 1040. The topological polar surface area (TPSA) is 67.4 Å². The van der Waals surface area contributed by atoms with Crippen LogP contribution in [0.25, 0.3) is 10.2 Å². The number of fused-ring (bicyclic) bond motifs is 1. The SMILES string of the molecule is O=C(NCc1ccc(N2CCOCC2)nc1)[C@H]1CC=CC[C@H]1c1nc2ccccc2s1. The van der Waals surface area contributed by atoms with Crippen molar-refractivity contribution in [2.24, 2.45) is 5.92 Å². The third-order valence-corrected chi connectivity index (χ3v) is 7.18. The molecule has 2 atom stereocenters. The van der Waals surface area contributed by atoms with Crippen LogP contribution < -0.4 is 10.2 Å². The first-order valence-electron chi connectivity index (χ1n) is 10.8. The number of pyridine rings is 1. The van der Waals surface area contributed by atoms with E-state index in [1.165, 1.54) is 4.70 Å². The molecule has 1 fully saturated rings. The van der Waals surface area contributed by atoms with Crippen molar-refractivity contribution in [3.8, 4) is 0 Å². The molecule has 160 valence electrons. The summed E-state index contributed by atoms with van der Waals surface area (Å²) in [6, 6.07) is 12.3. The molecule has 1 aliphatic heterocycles. The van der Waals surface area contributed by atoms with E-state index in [1.54, 1.807) is 11.3 Å². The molecule has 1 amide bonds. The quantitative estimate of drug-likeness (QED) is 0.617. The first kappa shape index (κ1) is 20.2. The average Bonchev–Trinajstić information content (AvgIpc) is 3.28. The number of allylic oxidation sites excluding steroid dienone is 2. The number of hydrogen-bond donors (Lipinski definition) is 1. The molecule has 3 heterocycles. The molecule has 2 aromatic heterocycles. The summed E-state index contributed by atoms with van der Waals surface area (Å²) in [7, 11) is 0. The number of carbonyl (C=O) groups is 1. The van der Waals surface area contributed by atoms with Gasteiger partial charge in [-0.25, -0.2) is 9.97 Å². The van der Waals surface area contributed by atoms with E-state index in [1.807, 2.05) is 36.5 Å². The van der Waals surface area contributed by atoms with Crippen LogP contribution in [-0.4, -0.2) is 42.2 Å². The fourth-order valence-electron chi connectivity index (χ4n) is 4.25. The number of benzene rings is 1. The van der Waals surface area contributed by atoms with Crippen LogP contribution in [0.1, 0.15) is 29.3 Å². The minimum absolute atomic E-state index is 0.0888. The summed E-state index contributed by atoms with van der Waals surface area (Å²) in [4.78, 5) is 24.7. The highest BCUT2D eigenvalue weighted by atomic mass is 32.1. The fourth-order valence-corrected chi connectivity index (χ4v) is 5.39. The van der Waals surface area contributed by atoms with Gasteiger partial charge in [0.05, 0.1) is 34.4 Å². The Morgan fingerprint density at radius 3 is 2.77 bits per heavy atom. The molecular formula is C24H26N4O2S. The molecule has 0 radical (unpaired) electrons. The van der Waals surface area contributed by atoms with Crippen molar-refractivity contribution < 1.29 is 9.53 Å². The highest BCUT2D eigenvalue weighted by Crippen LogP contribution is 2.38. The van der Waals surface area contributed by atoms with E-state index >= 15 is 0 Å². The lowest BCUT2D eigenvalue weighted by Crippen LogP contribution is -2.36. The molecule has 6 nitrogen and oxygen atoms in total. The number of aromatic nitrogens is 2. The first-order chi connectivity index (χ1) is 15.3. The van der Waals surface area contributed by atoms with Gasteiger partial charge < -0.3 is 15.0 Å². The van der Waals surface area contributed by atoms with E-state index in [9.17, 15) is 4.79 Å². The minimum atomic E-state index is -0.0915. The lowest BCUT2D eigenvalue weighted by atomic mass is 9.82. The normalized spacial score (nSPS) is 21.4. The lowest BCUT2D eigenvalue weighted by Gasteiger charge is -2.28. The summed E-state index contributed by atoms with van der Waals surface area (Å²) < 4.78 is 6.58. The van der Waals surface area contributed by atoms with E-state index in [4.69, 9.17) is 9.72 Å². The monoisotopic (exact) mass is 434 g/mol. The zero-order chi connectivity index (χ0) is 21.0. The molecule has 31 heavy (non-hydrogen) atoms. The molecule has 0 unspecified atom stereocenters. The molecule has 3 aromatic rings. The van der Waals surface area contributed by atoms with Crippen LogP contribution in [0.5, 0.6) is 0 Å². The van der Waals surface area contributed by atoms with Gasteiger partial charge >= 0.3 is 0 Å². The van der Waals surface area contributed by atoms with Crippen molar-refractivity contribution in [3.63, 3.8) is 0 Å². The van der Waals surface area contributed by atoms with Crippen molar-refractivity contribution in [3.05, 3.63) is 65.3 Å². The smallest absolute Gasteiger partial charge is 0.224 e. The molecule has 7 heteroatoms. The van der Waals surface area contributed by atoms with Gasteiger partial charge in [-0.15, -0.1) is 11.3 Å². The lowest BCUT2D eigenvalue weighted by molar-refractivity contribution is -0.125. The number of hydrogen-bond acceptors (Lipinski definition) is 6. The molecule has 1 aromatic carbocycles. The maximum absolute atomic E-state index is 13.1. The zero-order valence-corrected chi connectivity index (χ0v) is 18.2. The molecule has 0 spiro atoms.